The summed E-state index contributed by atoms with van der Waals surface area (Å²) in [6, 6.07) is 11.7. The third-order valence-electron chi connectivity index (χ3n) is 6.11. The average molecular weight is 488 g/mol. The van der Waals surface area contributed by atoms with Gasteiger partial charge in [-0.1, -0.05) is 95.4 Å². The van der Waals surface area contributed by atoms with Crippen molar-refractivity contribution in [3.05, 3.63) is 58.9 Å². The lowest BCUT2D eigenvalue weighted by Gasteiger charge is -2.10. The van der Waals surface area contributed by atoms with Crippen molar-refractivity contribution in [2.75, 3.05) is 6.61 Å². The molecule has 188 valence electrons. The maximum atomic E-state index is 12.5. The van der Waals surface area contributed by atoms with Crippen molar-refractivity contribution in [1.29, 1.82) is 0 Å². The molecular formula is C29H44ClN2O2+. The van der Waals surface area contributed by atoms with Crippen molar-refractivity contribution in [1.82, 2.24) is 5.32 Å². The number of rotatable bonds is 18. The fourth-order valence-electron chi connectivity index (χ4n) is 4.10. The van der Waals surface area contributed by atoms with Crippen molar-refractivity contribution in [2.45, 2.75) is 104 Å². The van der Waals surface area contributed by atoms with E-state index in [1.807, 2.05) is 36.4 Å². The lowest BCUT2D eigenvalue weighted by Crippen LogP contribution is -2.40. The molecule has 1 aromatic heterocycles. The van der Waals surface area contributed by atoms with Crippen LogP contribution in [0.1, 0.15) is 95.7 Å². The molecule has 0 aliphatic rings. The van der Waals surface area contributed by atoms with Gasteiger partial charge in [0.05, 0.1) is 13.0 Å². The smallest absolute Gasteiger partial charge is 0.224 e. The van der Waals surface area contributed by atoms with Crippen LogP contribution in [0.25, 0.3) is 0 Å². The number of carbonyl (C=O) groups is 1. The molecule has 2 aromatic rings. The Morgan fingerprint density at radius 3 is 2.29 bits per heavy atom. The number of pyridine rings is 1. The summed E-state index contributed by atoms with van der Waals surface area (Å²) in [7, 11) is 0. The minimum Gasteiger partial charge on any atom is -0.494 e. The first-order chi connectivity index (χ1) is 16.6. The van der Waals surface area contributed by atoms with E-state index in [0.717, 1.165) is 36.4 Å². The number of amides is 1. The van der Waals surface area contributed by atoms with E-state index in [-0.39, 0.29) is 12.3 Å². The van der Waals surface area contributed by atoms with Crippen molar-refractivity contribution < 1.29 is 14.1 Å². The number of nitrogens with one attached hydrogen (secondary N) is 1. The van der Waals surface area contributed by atoms with E-state index >= 15 is 0 Å². The lowest BCUT2D eigenvalue weighted by molar-refractivity contribution is -0.704. The van der Waals surface area contributed by atoms with Gasteiger partial charge in [0.15, 0.2) is 6.20 Å². The number of unbranched alkanes of at least 4 members (excludes halogenated alkanes) is 9. The first-order valence-electron chi connectivity index (χ1n) is 13.3. The highest BCUT2D eigenvalue weighted by atomic mass is 35.5. The number of hydrogen-bond acceptors (Lipinski definition) is 2. The third kappa shape index (κ3) is 11.4. The average Bonchev–Trinajstić information content (AvgIpc) is 2.84. The molecule has 5 heteroatoms. The molecule has 34 heavy (non-hydrogen) atoms. The van der Waals surface area contributed by atoms with Crippen molar-refractivity contribution in [2.24, 2.45) is 0 Å². The van der Waals surface area contributed by atoms with Crippen LogP contribution in [0.3, 0.4) is 0 Å². The molecule has 0 aliphatic carbocycles. The molecule has 0 saturated heterocycles. The minimum absolute atomic E-state index is 0.0344. The second-order valence-electron chi connectivity index (χ2n) is 9.12. The molecule has 0 bridgehead atoms. The zero-order valence-electron chi connectivity index (χ0n) is 21.3. The number of aromatic nitrogens is 1. The van der Waals surface area contributed by atoms with E-state index in [1.165, 1.54) is 57.8 Å². The van der Waals surface area contributed by atoms with Gasteiger partial charge in [0.1, 0.15) is 18.8 Å². The van der Waals surface area contributed by atoms with Gasteiger partial charge < -0.3 is 10.1 Å². The van der Waals surface area contributed by atoms with E-state index in [4.69, 9.17) is 16.3 Å². The molecule has 1 N–H and O–H groups in total. The number of ether oxygens (including phenoxy) is 1. The van der Waals surface area contributed by atoms with Crippen molar-refractivity contribution in [3.8, 4) is 5.75 Å². The number of hydrogen-bond donors (Lipinski definition) is 1. The summed E-state index contributed by atoms with van der Waals surface area (Å²) >= 11 is 6.44. The van der Waals surface area contributed by atoms with Crippen LogP contribution >= 0.6 is 11.6 Å². The van der Waals surface area contributed by atoms with Gasteiger partial charge in [0.2, 0.25) is 11.6 Å². The highest BCUT2D eigenvalue weighted by Crippen LogP contribution is 2.23. The normalized spacial score (nSPS) is 10.9. The number of benzene rings is 1. The molecule has 0 saturated carbocycles. The molecule has 1 amide bonds. The largest absolute Gasteiger partial charge is 0.494 e. The van der Waals surface area contributed by atoms with Crippen molar-refractivity contribution >= 4 is 17.5 Å². The summed E-state index contributed by atoms with van der Waals surface area (Å²) in [4.78, 5) is 12.5. The Hall–Kier alpha value is -2.07. The molecule has 1 heterocycles. The van der Waals surface area contributed by atoms with Crippen LogP contribution in [0.5, 0.6) is 5.75 Å². The topological polar surface area (TPSA) is 42.2 Å². The van der Waals surface area contributed by atoms with Gasteiger partial charge in [0.25, 0.3) is 0 Å². The van der Waals surface area contributed by atoms with E-state index in [0.29, 0.717) is 18.2 Å². The van der Waals surface area contributed by atoms with Crippen LogP contribution in [0.2, 0.25) is 5.02 Å². The van der Waals surface area contributed by atoms with E-state index in [2.05, 4.69) is 29.9 Å². The predicted molar refractivity (Wildman–Crippen MR) is 141 cm³/mol. The molecule has 0 atom stereocenters. The Labute approximate surface area is 212 Å². The van der Waals surface area contributed by atoms with Gasteiger partial charge >= 0.3 is 0 Å². The van der Waals surface area contributed by atoms with Gasteiger partial charge in [-0.05, 0) is 24.1 Å². The Kier molecular flexibility index (Phi) is 14.4. The third-order valence-corrected chi connectivity index (χ3v) is 6.46. The molecule has 4 nitrogen and oxygen atoms in total. The quantitative estimate of drug-likeness (QED) is 0.178. The molecule has 0 aliphatic heterocycles. The van der Waals surface area contributed by atoms with Crippen LogP contribution < -0.4 is 14.6 Å². The monoisotopic (exact) mass is 487 g/mol. The zero-order valence-corrected chi connectivity index (χ0v) is 22.0. The molecule has 1 aromatic carbocycles. The zero-order chi connectivity index (χ0) is 24.4. The van der Waals surface area contributed by atoms with Gasteiger partial charge in [-0.2, -0.15) is 0 Å². The molecule has 0 unspecified atom stereocenters. The SMILES string of the molecule is CCCCCCCCCCCCOc1ccc(CC(=O)NCc2cccc[n+]2CCC)c(Cl)c1. The summed E-state index contributed by atoms with van der Waals surface area (Å²) in [5.41, 5.74) is 1.92. The van der Waals surface area contributed by atoms with Crippen LogP contribution in [0, 0.1) is 0 Å². The van der Waals surface area contributed by atoms with E-state index in [1.54, 1.807) is 0 Å². The summed E-state index contributed by atoms with van der Waals surface area (Å²) in [5.74, 6) is 0.739. The van der Waals surface area contributed by atoms with E-state index in [9.17, 15) is 4.79 Å². The Bertz CT molecular complexity index is 841. The molecule has 2 rings (SSSR count). The first kappa shape index (κ1) is 28.2. The second-order valence-corrected chi connectivity index (χ2v) is 9.53. The molecule has 0 fully saturated rings. The maximum Gasteiger partial charge on any atom is 0.224 e. The molecule has 0 radical (unpaired) electrons. The van der Waals surface area contributed by atoms with Crippen LogP contribution in [-0.4, -0.2) is 12.5 Å². The summed E-state index contributed by atoms with van der Waals surface area (Å²) in [5, 5.41) is 3.59. The minimum atomic E-state index is -0.0344. The van der Waals surface area contributed by atoms with E-state index < -0.39 is 0 Å². The molecular weight excluding hydrogens is 444 g/mol. The summed E-state index contributed by atoms with van der Waals surface area (Å²) in [6.07, 6.45) is 16.5. The first-order valence-corrected chi connectivity index (χ1v) is 13.7. The van der Waals surface area contributed by atoms with Gasteiger partial charge in [-0.25, -0.2) is 4.57 Å². The fourth-order valence-corrected chi connectivity index (χ4v) is 4.33. The standard InChI is InChI=1S/C29H43ClN2O2/c1-3-5-6-7-8-9-10-11-12-15-21-34-27-18-17-25(28(30)23-27)22-29(33)31-24-26-16-13-14-20-32(26)19-4-2/h13-14,16-18,20,23H,3-12,15,19,21-22,24H2,1-2H3/p+1. The highest BCUT2D eigenvalue weighted by Gasteiger charge is 2.12. The number of nitrogens with zero attached hydrogens (tertiary/aromatic N) is 1. The number of aryl methyl sites for hydroxylation is 1. The molecule has 0 spiro atoms. The van der Waals surface area contributed by atoms with Gasteiger partial charge in [-0.3, -0.25) is 4.79 Å². The van der Waals surface area contributed by atoms with Crippen LogP contribution in [0.15, 0.2) is 42.6 Å². The highest BCUT2D eigenvalue weighted by molar-refractivity contribution is 6.31. The Balaban J connectivity index is 1.63. The van der Waals surface area contributed by atoms with Gasteiger partial charge in [-0.15, -0.1) is 0 Å². The van der Waals surface area contributed by atoms with Crippen LogP contribution in [-0.2, 0) is 24.3 Å². The van der Waals surface area contributed by atoms with Crippen molar-refractivity contribution in [3.63, 3.8) is 0 Å². The predicted octanol–water partition coefficient (Wildman–Crippen LogP) is 7.20. The Morgan fingerprint density at radius 2 is 1.62 bits per heavy atom. The number of halogens is 1. The summed E-state index contributed by atoms with van der Waals surface area (Å²) < 4.78 is 8.05. The Morgan fingerprint density at radius 1 is 0.912 bits per heavy atom. The lowest BCUT2D eigenvalue weighted by atomic mass is 10.1. The maximum absolute atomic E-state index is 12.5. The van der Waals surface area contributed by atoms with Gasteiger partial charge in [0, 0.05) is 23.6 Å². The fraction of sp³-hybridized carbons (Fsp3) is 0.586. The second kappa shape index (κ2) is 17.4. The van der Waals surface area contributed by atoms with Crippen LogP contribution in [0.4, 0.5) is 0 Å². The number of carbonyl (C=O) groups excluding carboxylic acids is 1. The summed E-state index contributed by atoms with van der Waals surface area (Å²) in [6.45, 7) is 6.57.